The predicted molar refractivity (Wildman–Crippen MR) is 79.9 cm³/mol. The third-order valence-corrected chi connectivity index (χ3v) is 4.51. The van der Waals surface area contributed by atoms with Crippen LogP contribution in [0.5, 0.6) is 5.88 Å². The van der Waals surface area contributed by atoms with Crippen molar-refractivity contribution in [3.63, 3.8) is 0 Å². The fourth-order valence-electron chi connectivity index (χ4n) is 3.25. The van der Waals surface area contributed by atoms with Crippen molar-refractivity contribution in [2.24, 2.45) is 5.92 Å². The van der Waals surface area contributed by atoms with Gasteiger partial charge in [-0.1, -0.05) is 0 Å². The highest BCUT2D eigenvalue weighted by atomic mass is 19.1. The van der Waals surface area contributed by atoms with Crippen LogP contribution in [0.1, 0.15) is 25.7 Å². The van der Waals surface area contributed by atoms with Gasteiger partial charge in [-0.05, 0) is 56.8 Å². The first-order valence-electron chi connectivity index (χ1n) is 8.01. The molecule has 0 unspecified atom stereocenters. The Hall–Kier alpha value is -1.20. The number of hydrogen-bond acceptors (Lipinski definition) is 4. The topological polar surface area (TPSA) is 37.4 Å². The predicted octanol–water partition coefficient (Wildman–Crippen LogP) is 2.06. The van der Waals surface area contributed by atoms with Crippen LogP contribution in [0.2, 0.25) is 0 Å². The average Bonchev–Trinajstić information content (AvgIpc) is 2.52. The fraction of sp³-hybridized carbons (Fsp3) is 0.688. The molecule has 3 rings (SSSR count). The lowest BCUT2D eigenvalue weighted by Crippen LogP contribution is -2.42. The van der Waals surface area contributed by atoms with E-state index < -0.39 is 0 Å². The van der Waals surface area contributed by atoms with Crippen molar-refractivity contribution in [2.45, 2.75) is 31.8 Å². The summed E-state index contributed by atoms with van der Waals surface area (Å²) < 4.78 is 19.2. The molecule has 4 nitrogen and oxygen atoms in total. The van der Waals surface area contributed by atoms with Crippen molar-refractivity contribution < 1.29 is 9.13 Å². The van der Waals surface area contributed by atoms with Crippen LogP contribution < -0.4 is 10.1 Å². The molecule has 0 atom stereocenters. The van der Waals surface area contributed by atoms with E-state index >= 15 is 0 Å². The molecule has 1 aromatic heterocycles. The molecule has 116 valence electrons. The molecule has 0 spiro atoms. The quantitative estimate of drug-likeness (QED) is 0.922. The third-order valence-electron chi connectivity index (χ3n) is 4.51. The molecule has 3 heterocycles. The number of piperidine rings is 2. The number of ether oxygens (including phenoxy) is 1. The van der Waals surface area contributed by atoms with Crippen molar-refractivity contribution >= 4 is 0 Å². The van der Waals surface area contributed by atoms with Crippen LogP contribution in [-0.2, 0) is 0 Å². The number of aromatic nitrogens is 1. The second-order valence-corrected chi connectivity index (χ2v) is 6.10. The number of likely N-dealkylation sites (tertiary alicyclic amines) is 1. The van der Waals surface area contributed by atoms with Crippen LogP contribution in [0.3, 0.4) is 0 Å². The van der Waals surface area contributed by atoms with Crippen molar-refractivity contribution in [3.05, 3.63) is 24.1 Å². The summed E-state index contributed by atoms with van der Waals surface area (Å²) in [4.78, 5) is 6.50. The summed E-state index contributed by atoms with van der Waals surface area (Å²) >= 11 is 0. The zero-order valence-corrected chi connectivity index (χ0v) is 12.4. The molecule has 21 heavy (non-hydrogen) atoms. The molecule has 0 bridgehead atoms. The number of rotatable bonds is 4. The average molecular weight is 293 g/mol. The van der Waals surface area contributed by atoms with E-state index in [1.165, 1.54) is 25.5 Å². The van der Waals surface area contributed by atoms with Gasteiger partial charge in [-0.3, -0.25) is 0 Å². The second-order valence-electron chi connectivity index (χ2n) is 6.10. The Morgan fingerprint density at radius 1 is 1.24 bits per heavy atom. The molecule has 2 aliphatic rings. The normalized spacial score (nSPS) is 22.3. The summed E-state index contributed by atoms with van der Waals surface area (Å²) in [6, 6.07) is 2.98. The molecule has 2 aliphatic heterocycles. The fourth-order valence-corrected chi connectivity index (χ4v) is 3.25. The highest BCUT2D eigenvalue weighted by Gasteiger charge is 2.24. The highest BCUT2D eigenvalue weighted by Crippen LogP contribution is 2.21. The van der Waals surface area contributed by atoms with E-state index in [1.54, 1.807) is 12.3 Å². The largest absolute Gasteiger partial charge is 0.472 e. The Balaban J connectivity index is 1.43. The van der Waals surface area contributed by atoms with Gasteiger partial charge in [-0.15, -0.1) is 0 Å². The molecule has 0 aliphatic carbocycles. The van der Waals surface area contributed by atoms with E-state index in [0.717, 1.165) is 44.9 Å². The van der Waals surface area contributed by atoms with Crippen molar-refractivity contribution in [3.8, 4) is 5.88 Å². The molecular formula is C16H24FN3O. The Labute approximate surface area is 125 Å². The number of nitrogens with zero attached hydrogens (tertiary/aromatic N) is 2. The van der Waals surface area contributed by atoms with Crippen LogP contribution >= 0.6 is 0 Å². The maximum atomic E-state index is 13.5. The van der Waals surface area contributed by atoms with Crippen molar-refractivity contribution in [1.82, 2.24) is 15.2 Å². The molecule has 5 heteroatoms. The first-order valence-corrected chi connectivity index (χ1v) is 8.01. The first kappa shape index (κ1) is 14.7. The van der Waals surface area contributed by atoms with E-state index in [-0.39, 0.29) is 17.8 Å². The van der Waals surface area contributed by atoms with Crippen LogP contribution in [0.15, 0.2) is 18.3 Å². The van der Waals surface area contributed by atoms with Gasteiger partial charge < -0.3 is 15.0 Å². The van der Waals surface area contributed by atoms with Gasteiger partial charge in [0.25, 0.3) is 5.88 Å². The molecule has 0 amide bonds. The monoisotopic (exact) mass is 293 g/mol. The van der Waals surface area contributed by atoms with Gasteiger partial charge >= 0.3 is 0 Å². The lowest BCUT2D eigenvalue weighted by Gasteiger charge is -2.35. The summed E-state index contributed by atoms with van der Waals surface area (Å²) in [5, 5.41) is 3.41. The third kappa shape index (κ3) is 4.14. The Morgan fingerprint density at radius 3 is 2.71 bits per heavy atom. The molecular weight excluding hydrogens is 269 g/mol. The van der Waals surface area contributed by atoms with Gasteiger partial charge in [0.2, 0.25) is 0 Å². The van der Waals surface area contributed by atoms with Crippen molar-refractivity contribution in [1.29, 1.82) is 0 Å². The van der Waals surface area contributed by atoms with Crippen LogP contribution in [-0.4, -0.2) is 48.7 Å². The first-order chi connectivity index (χ1) is 10.3. The van der Waals surface area contributed by atoms with Gasteiger partial charge in [0.15, 0.2) is 5.82 Å². The van der Waals surface area contributed by atoms with E-state index in [0.29, 0.717) is 0 Å². The summed E-state index contributed by atoms with van der Waals surface area (Å²) in [6.07, 6.45) is 6.16. The minimum atomic E-state index is -0.366. The Kier molecular flexibility index (Phi) is 5.04. The zero-order valence-electron chi connectivity index (χ0n) is 12.4. The molecule has 1 N–H and O–H groups in total. The maximum absolute atomic E-state index is 13.5. The lowest BCUT2D eigenvalue weighted by molar-refractivity contribution is 0.0812. The van der Waals surface area contributed by atoms with E-state index in [1.807, 2.05) is 0 Å². The molecule has 0 aromatic carbocycles. The smallest absolute Gasteiger partial charge is 0.250 e. The zero-order chi connectivity index (χ0) is 14.5. The molecule has 0 radical (unpaired) electrons. The summed E-state index contributed by atoms with van der Waals surface area (Å²) in [5.41, 5.74) is 0. The summed E-state index contributed by atoms with van der Waals surface area (Å²) in [6.45, 7) is 5.60. The number of pyridine rings is 1. The van der Waals surface area contributed by atoms with Crippen LogP contribution in [0.25, 0.3) is 0 Å². The SMILES string of the molecule is Fc1cccnc1OC1CCN(CC2CCNCC2)CC1. The van der Waals surface area contributed by atoms with Crippen molar-refractivity contribution in [2.75, 3.05) is 32.7 Å². The molecule has 2 saturated heterocycles. The maximum Gasteiger partial charge on any atom is 0.250 e. The van der Waals surface area contributed by atoms with Gasteiger partial charge in [0.1, 0.15) is 6.10 Å². The van der Waals surface area contributed by atoms with Gasteiger partial charge in [0.05, 0.1) is 0 Å². The Bertz CT molecular complexity index is 443. The molecule has 2 fully saturated rings. The molecule has 1 aromatic rings. The number of hydrogen-bond donors (Lipinski definition) is 1. The van der Waals surface area contributed by atoms with E-state index in [4.69, 9.17) is 4.74 Å². The number of halogens is 1. The van der Waals surface area contributed by atoms with Crippen LogP contribution in [0.4, 0.5) is 4.39 Å². The highest BCUT2D eigenvalue weighted by molar-refractivity contribution is 5.13. The van der Waals surface area contributed by atoms with Crippen LogP contribution in [0, 0.1) is 11.7 Å². The molecule has 0 saturated carbocycles. The van der Waals surface area contributed by atoms with E-state index in [2.05, 4.69) is 15.2 Å². The minimum absolute atomic E-state index is 0.0960. The van der Waals surface area contributed by atoms with Gasteiger partial charge in [-0.25, -0.2) is 9.37 Å². The van der Waals surface area contributed by atoms with Gasteiger partial charge in [-0.2, -0.15) is 0 Å². The second kappa shape index (κ2) is 7.18. The van der Waals surface area contributed by atoms with E-state index in [9.17, 15) is 4.39 Å². The van der Waals surface area contributed by atoms with Gasteiger partial charge in [0, 0.05) is 25.8 Å². The standard InChI is InChI=1S/C16H24FN3O/c17-15-2-1-7-19-16(15)21-14-5-10-20(11-6-14)12-13-3-8-18-9-4-13/h1-2,7,13-14,18H,3-6,8-12H2. The number of nitrogens with one attached hydrogen (secondary N) is 1. The Morgan fingerprint density at radius 2 is 2.00 bits per heavy atom. The summed E-state index contributed by atoms with van der Waals surface area (Å²) in [5.74, 6) is 0.612. The lowest BCUT2D eigenvalue weighted by atomic mass is 9.96. The summed E-state index contributed by atoms with van der Waals surface area (Å²) in [7, 11) is 0. The minimum Gasteiger partial charge on any atom is -0.472 e.